The van der Waals surface area contributed by atoms with Gasteiger partial charge in [0.1, 0.15) is 0 Å². The molecule has 2 aliphatic rings. The van der Waals surface area contributed by atoms with Crippen LogP contribution in [0.3, 0.4) is 0 Å². The third-order valence-corrected chi connectivity index (χ3v) is 3.89. The van der Waals surface area contributed by atoms with E-state index in [9.17, 15) is 4.79 Å². The minimum absolute atomic E-state index is 0.575. The molecular weight excluding hydrogens is 202 g/mol. The third kappa shape index (κ3) is 1.50. The van der Waals surface area contributed by atoms with Crippen molar-refractivity contribution in [1.82, 2.24) is 4.98 Å². The highest BCUT2D eigenvalue weighted by atomic mass is 16.5. The number of hydrogen-bond acceptors (Lipinski definition) is 2. The van der Waals surface area contributed by atoms with Crippen LogP contribution in [0, 0.1) is 0 Å². The molecule has 0 unspecified atom stereocenters. The van der Waals surface area contributed by atoms with Gasteiger partial charge in [0.05, 0.1) is 13.2 Å². The number of rotatable bonds is 2. The standard InChI is InChI=1S/C13H17NO2/c15-7-10-11-8-16-6-5-12(11)14-13(10)9-3-1-2-4-9/h7,9,14H,1-6,8H2. The van der Waals surface area contributed by atoms with Gasteiger partial charge in [0.15, 0.2) is 6.29 Å². The number of aromatic nitrogens is 1. The number of nitrogens with one attached hydrogen (secondary N) is 1. The van der Waals surface area contributed by atoms with Crippen molar-refractivity contribution in [1.29, 1.82) is 0 Å². The second-order valence-corrected chi connectivity index (χ2v) is 4.81. The van der Waals surface area contributed by atoms with E-state index in [-0.39, 0.29) is 0 Å². The summed E-state index contributed by atoms with van der Waals surface area (Å²) in [7, 11) is 0. The van der Waals surface area contributed by atoms with Gasteiger partial charge >= 0.3 is 0 Å². The van der Waals surface area contributed by atoms with Crippen molar-refractivity contribution < 1.29 is 9.53 Å². The van der Waals surface area contributed by atoms with E-state index in [2.05, 4.69) is 4.98 Å². The topological polar surface area (TPSA) is 42.1 Å². The van der Waals surface area contributed by atoms with E-state index < -0.39 is 0 Å². The molecule has 3 heteroatoms. The summed E-state index contributed by atoms with van der Waals surface area (Å²) in [6, 6.07) is 0. The third-order valence-electron chi connectivity index (χ3n) is 3.89. The quantitative estimate of drug-likeness (QED) is 0.777. The van der Waals surface area contributed by atoms with Crippen molar-refractivity contribution in [2.45, 2.75) is 44.6 Å². The monoisotopic (exact) mass is 219 g/mol. The fourth-order valence-electron chi connectivity index (χ4n) is 3.03. The minimum Gasteiger partial charge on any atom is -0.376 e. The summed E-state index contributed by atoms with van der Waals surface area (Å²) in [5.74, 6) is 0.575. The Hall–Kier alpha value is -1.09. The number of aldehydes is 1. The van der Waals surface area contributed by atoms with Crippen molar-refractivity contribution in [2.75, 3.05) is 6.61 Å². The van der Waals surface area contributed by atoms with Gasteiger partial charge in [0.25, 0.3) is 0 Å². The van der Waals surface area contributed by atoms with E-state index in [4.69, 9.17) is 4.74 Å². The molecule has 1 aromatic heterocycles. The van der Waals surface area contributed by atoms with Gasteiger partial charge in [-0.15, -0.1) is 0 Å². The number of hydrogen-bond donors (Lipinski definition) is 1. The van der Waals surface area contributed by atoms with Gasteiger partial charge in [-0.3, -0.25) is 4.79 Å². The van der Waals surface area contributed by atoms with Crippen LogP contribution in [0.4, 0.5) is 0 Å². The molecule has 2 heterocycles. The van der Waals surface area contributed by atoms with Crippen molar-refractivity contribution in [3.8, 4) is 0 Å². The molecule has 1 N–H and O–H groups in total. The maximum absolute atomic E-state index is 11.2. The number of fused-ring (bicyclic) bond motifs is 1. The van der Waals surface area contributed by atoms with E-state index in [0.717, 1.165) is 30.4 Å². The van der Waals surface area contributed by atoms with E-state index in [1.807, 2.05) is 0 Å². The summed E-state index contributed by atoms with van der Waals surface area (Å²) < 4.78 is 5.44. The van der Waals surface area contributed by atoms with Crippen LogP contribution >= 0.6 is 0 Å². The molecule has 1 fully saturated rings. The number of H-pyrrole nitrogens is 1. The zero-order valence-corrected chi connectivity index (χ0v) is 9.42. The Kier molecular flexibility index (Phi) is 2.56. The number of carbonyl (C=O) groups excluding carboxylic acids is 1. The molecule has 3 nitrogen and oxygen atoms in total. The maximum Gasteiger partial charge on any atom is 0.152 e. The molecule has 1 aromatic rings. The Morgan fingerprint density at radius 2 is 2.12 bits per heavy atom. The predicted octanol–water partition coefficient (Wildman–Crippen LogP) is 2.56. The molecule has 1 aliphatic heterocycles. The van der Waals surface area contributed by atoms with E-state index in [0.29, 0.717) is 12.5 Å². The summed E-state index contributed by atoms with van der Waals surface area (Å²) in [6.45, 7) is 1.38. The van der Waals surface area contributed by atoms with Gasteiger partial charge < -0.3 is 9.72 Å². The number of ether oxygens (including phenoxy) is 1. The summed E-state index contributed by atoms with van der Waals surface area (Å²) in [5, 5.41) is 0. The Bertz CT molecular complexity index is 402. The molecular formula is C13H17NO2. The van der Waals surface area contributed by atoms with Crippen molar-refractivity contribution in [3.63, 3.8) is 0 Å². The Balaban J connectivity index is 2.03. The summed E-state index contributed by atoms with van der Waals surface area (Å²) in [6.07, 6.45) is 6.97. The molecule has 1 saturated carbocycles. The predicted molar refractivity (Wildman–Crippen MR) is 60.7 cm³/mol. The molecule has 0 bridgehead atoms. The number of carbonyl (C=O) groups is 1. The van der Waals surface area contributed by atoms with Crippen LogP contribution in [0.2, 0.25) is 0 Å². The fourth-order valence-corrected chi connectivity index (χ4v) is 3.03. The zero-order chi connectivity index (χ0) is 11.0. The number of aromatic amines is 1. The minimum atomic E-state index is 0.575. The molecule has 0 saturated heterocycles. The summed E-state index contributed by atoms with van der Waals surface area (Å²) in [4.78, 5) is 14.7. The normalized spacial score (nSPS) is 21.0. The average Bonchev–Trinajstić information content (AvgIpc) is 2.95. The second kappa shape index (κ2) is 4.06. The Labute approximate surface area is 95.2 Å². The van der Waals surface area contributed by atoms with Gasteiger partial charge in [-0.1, -0.05) is 12.8 Å². The fraction of sp³-hybridized carbons (Fsp3) is 0.615. The summed E-state index contributed by atoms with van der Waals surface area (Å²) in [5.41, 5.74) is 4.42. The second-order valence-electron chi connectivity index (χ2n) is 4.81. The zero-order valence-electron chi connectivity index (χ0n) is 9.42. The lowest BCUT2D eigenvalue weighted by molar-refractivity contribution is 0.105. The first-order valence-electron chi connectivity index (χ1n) is 6.16. The molecule has 0 amide bonds. The van der Waals surface area contributed by atoms with Gasteiger partial charge in [-0.05, 0) is 18.8 Å². The first-order chi connectivity index (χ1) is 7.90. The highest BCUT2D eigenvalue weighted by molar-refractivity contribution is 5.80. The van der Waals surface area contributed by atoms with E-state index in [1.54, 1.807) is 0 Å². The lowest BCUT2D eigenvalue weighted by atomic mass is 9.98. The molecule has 0 spiro atoms. The van der Waals surface area contributed by atoms with Gasteiger partial charge in [0.2, 0.25) is 0 Å². The molecule has 3 rings (SSSR count). The van der Waals surface area contributed by atoms with Gasteiger partial charge in [-0.2, -0.15) is 0 Å². The van der Waals surface area contributed by atoms with E-state index in [1.165, 1.54) is 37.1 Å². The van der Waals surface area contributed by atoms with Gasteiger partial charge in [-0.25, -0.2) is 0 Å². The van der Waals surface area contributed by atoms with Crippen molar-refractivity contribution in [2.24, 2.45) is 0 Å². The molecule has 86 valence electrons. The maximum atomic E-state index is 11.2. The smallest absolute Gasteiger partial charge is 0.152 e. The van der Waals surface area contributed by atoms with Crippen molar-refractivity contribution >= 4 is 6.29 Å². The average molecular weight is 219 g/mol. The van der Waals surface area contributed by atoms with E-state index >= 15 is 0 Å². The largest absolute Gasteiger partial charge is 0.376 e. The molecule has 0 aromatic carbocycles. The molecule has 16 heavy (non-hydrogen) atoms. The van der Waals surface area contributed by atoms with Crippen LogP contribution in [0.25, 0.3) is 0 Å². The highest BCUT2D eigenvalue weighted by Crippen LogP contribution is 2.37. The highest BCUT2D eigenvalue weighted by Gasteiger charge is 2.26. The Morgan fingerprint density at radius 1 is 1.31 bits per heavy atom. The molecule has 1 aliphatic carbocycles. The van der Waals surface area contributed by atoms with Gasteiger partial charge in [0, 0.05) is 28.9 Å². The lowest BCUT2D eigenvalue weighted by Crippen LogP contribution is -2.09. The van der Waals surface area contributed by atoms with Crippen molar-refractivity contribution in [3.05, 3.63) is 22.5 Å². The molecule has 0 atom stereocenters. The van der Waals surface area contributed by atoms with Crippen LogP contribution in [-0.2, 0) is 17.8 Å². The first-order valence-corrected chi connectivity index (χ1v) is 6.16. The van der Waals surface area contributed by atoms with Crippen LogP contribution in [0.5, 0.6) is 0 Å². The SMILES string of the molecule is O=Cc1c(C2CCCC2)[nH]c2c1COCC2. The first kappa shape index (κ1) is 10.1. The Morgan fingerprint density at radius 3 is 2.88 bits per heavy atom. The van der Waals surface area contributed by atoms with Crippen LogP contribution < -0.4 is 0 Å². The van der Waals surface area contributed by atoms with Crippen LogP contribution in [0.1, 0.15) is 58.9 Å². The van der Waals surface area contributed by atoms with Crippen LogP contribution in [-0.4, -0.2) is 17.9 Å². The molecule has 0 radical (unpaired) electrons. The lowest BCUT2D eigenvalue weighted by Gasteiger charge is -2.11. The summed E-state index contributed by atoms with van der Waals surface area (Å²) >= 11 is 0. The van der Waals surface area contributed by atoms with Crippen LogP contribution in [0.15, 0.2) is 0 Å².